The van der Waals surface area contributed by atoms with E-state index in [-0.39, 0.29) is 18.7 Å². The number of aliphatic hydroxyl groups excluding tert-OH is 1. The summed E-state index contributed by atoms with van der Waals surface area (Å²) in [6, 6.07) is 16.1. The summed E-state index contributed by atoms with van der Waals surface area (Å²) >= 11 is 0. The second-order valence-corrected chi connectivity index (χ2v) is 7.05. The summed E-state index contributed by atoms with van der Waals surface area (Å²) in [6.07, 6.45) is 5.52. The van der Waals surface area contributed by atoms with E-state index in [9.17, 15) is 9.90 Å². The molecule has 1 heterocycles. The summed E-state index contributed by atoms with van der Waals surface area (Å²) < 4.78 is 0. The Morgan fingerprint density at radius 2 is 2.07 bits per heavy atom. The number of aromatic amines is 1. The first kappa shape index (κ1) is 17.6. The van der Waals surface area contributed by atoms with Crippen LogP contribution in [0.5, 0.6) is 0 Å². The fourth-order valence-corrected chi connectivity index (χ4v) is 4.07. The maximum atomic E-state index is 13.2. The predicted molar refractivity (Wildman–Crippen MR) is 108 cm³/mol. The number of H-pyrrole nitrogens is 1. The van der Waals surface area contributed by atoms with Gasteiger partial charge >= 0.3 is 6.03 Å². The van der Waals surface area contributed by atoms with Gasteiger partial charge in [-0.3, -0.25) is 0 Å². The Balaban J connectivity index is 1.62. The molecule has 5 heteroatoms. The Morgan fingerprint density at radius 3 is 2.96 bits per heavy atom. The van der Waals surface area contributed by atoms with E-state index in [2.05, 4.69) is 28.5 Å². The summed E-state index contributed by atoms with van der Waals surface area (Å²) in [5.41, 5.74) is 4.36. The number of aromatic nitrogens is 1. The molecule has 0 saturated carbocycles. The third-order valence-corrected chi connectivity index (χ3v) is 5.37. The van der Waals surface area contributed by atoms with Crippen molar-refractivity contribution in [1.29, 1.82) is 0 Å². The molecule has 27 heavy (non-hydrogen) atoms. The number of benzene rings is 2. The highest BCUT2D eigenvalue weighted by molar-refractivity contribution is 6.00. The van der Waals surface area contributed by atoms with Crippen LogP contribution in [-0.2, 0) is 6.42 Å². The number of rotatable bonds is 5. The zero-order valence-corrected chi connectivity index (χ0v) is 15.3. The molecule has 0 saturated heterocycles. The molecule has 1 aliphatic rings. The zero-order valence-electron chi connectivity index (χ0n) is 15.3. The van der Waals surface area contributed by atoms with Gasteiger partial charge in [-0.25, -0.2) is 4.79 Å². The van der Waals surface area contributed by atoms with Crippen LogP contribution in [0, 0.1) is 0 Å². The number of aliphatic hydroxyl groups is 1. The zero-order chi connectivity index (χ0) is 18.6. The van der Waals surface area contributed by atoms with E-state index in [1.807, 2.05) is 41.4 Å². The van der Waals surface area contributed by atoms with E-state index in [0.717, 1.165) is 35.9 Å². The van der Waals surface area contributed by atoms with Gasteiger partial charge in [-0.2, -0.15) is 0 Å². The summed E-state index contributed by atoms with van der Waals surface area (Å²) in [7, 11) is 0. The monoisotopic (exact) mass is 363 g/mol. The minimum absolute atomic E-state index is 0.0481. The second kappa shape index (κ2) is 7.84. The van der Waals surface area contributed by atoms with Crippen molar-refractivity contribution < 1.29 is 9.90 Å². The van der Waals surface area contributed by atoms with Crippen LogP contribution in [0.25, 0.3) is 10.9 Å². The molecular formula is C22H25N3O2. The highest BCUT2D eigenvalue weighted by Gasteiger charge is 2.29. The lowest BCUT2D eigenvalue weighted by molar-refractivity contribution is 0.169. The highest BCUT2D eigenvalue weighted by Crippen LogP contribution is 2.35. The molecule has 3 aromatic rings. The molecule has 1 aliphatic carbocycles. The van der Waals surface area contributed by atoms with Gasteiger partial charge in [0, 0.05) is 30.3 Å². The normalized spacial score (nSPS) is 16.1. The molecule has 140 valence electrons. The molecule has 1 atom stereocenters. The van der Waals surface area contributed by atoms with Gasteiger partial charge in [-0.15, -0.1) is 0 Å². The number of urea groups is 1. The Kier molecular flexibility index (Phi) is 5.12. The van der Waals surface area contributed by atoms with Crippen LogP contribution in [-0.4, -0.2) is 34.2 Å². The maximum Gasteiger partial charge on any atom is 0.322 e. The lowest BCUT2D eigenvalue weighted by Crippen LogP contribution is -2.40. The first-order chi connectivity index (χ1) is 13.3. The van der Waals surface area contributed by atoms with E-state index < -0.39 is 0 Å². The third kappa shape index (κ3) is 3.55. The van der Waals surface area contributed by atoms with Crippen LogP contribution < -0.4 is 5.32 Å². The molecule has 3 N–H and O–H groups in total. The Morgan fingerprint density at radius 1 is 1.19 bits per heavy atom. The molecule has 0 spiro atoms. The maximum absolute atomic E-state index is 13.2. The molecule has 2 aromatic carbocycles. The topological polar surface area (TPSA) is 68.4 Å². The third-order valence-electron chi connectivity index (χ3n) is 5.37. The van der Waals surface area contributed by atoms with E-state index in [4.69, 9.17) is 0 Å². The van der Waals surface area contributed by atoms with Crippen molar-refractivity contribution in [2.24, 2.45) is 0 Å². The number of nitrogens with zero attached hydrogens (tertiary/aromatic N) is 1. The smallest absolute Gasteiger partial charge is 0.322 e. The SMILES string of the molecule is O=C(Nc1cccc2[nH]ccc12)N(CCCO)C1CCCc2ccccc21. The van der Waals surface area contributed by atoms with Crippen LogP contribution in [0.15, 0.2) is 54.7 Å². The number of nitrogens with one attached hydrogen (secondary N) is 2. The molecule has 0 radical (unpaired) electrons. The molecule has 0 bridgehead atoms. The molecule has 4 rings (SSSR count). The van der Waals surface area contributed by atoms with Gasteiger partial charge in [-0.05, 0) is 55.0 Å². The number of hydrogen-bond acceptors (Lipinski definition) is 2. The number of carbonyl (C=O) groups excluding carboxylic acids is 1. The number of carbonyl (C=O) groups is 1. The highest BCUT2D eigenvalue weighted by atomic mass is 16.3. The Labute approximate surface area is 159 Å². The number of fused-ring (bicyclic) bond motifs is 2. The van der Waals surface area contributed by atoms with Crippen molar-refractivity contribution in [3.8, 4) is 0 Å². The first-order valence-electron chi connectivity index (χ1n) is 9.60. The van der Waals surface area contributed by atoms with Gasteiger partial charge in [0.1, 0.15) is 0 Å². The lowest BCUT2D eigenvalue weighted by atomic mass is 9.87. The van der Waals surface area contributed by atoms with Crippen LogP contribution in [0.2, 0.25) is 0 Å². The van der Waals surface area contributed by atoms with Crippen molar-refractivity contribution in [2.45, 2.75) is 31.7 Å². The van der Waals surface area contributed by atoms with Gasteiger partial charge in [-0.1, -0.05) is 30.3 Å². The summed E-state index contributed by atoms with van der Waals surface area (Å²) in [4.78, 5) is 18.3. The van der Waals surface area contributed by atoms with Crippen molar-refractivity contribution in [2.75, 3.05) is 18.5 Å². The van der Waals surface area contributed by atoms with Crippen LogP contribution >= 0.6 is 0 Å². The van der Waals surface area contributed by atoms with Gasteiger partial charge in [0.15, 0.2) is 0 Å². The number of hydrogen-bond donors (Lipinski definition) is 3. The van der Waals surface area contributed by atoms with Gasteiger partial charge in [0.05, 0.1) is 11.7 Å². The molecule has 1 aromatic heterocycles. The lowest BCUT2D eigenvalue weighted by Gasteiger charge is -2.36. The minimum atomic E-state index is -0.112. The van der Waals surface area contributed by atoms with Crippen LogP contribution in [0.1, 0.15) is 36.4 Å². The number of aryl methyl sites for hydroxylation is 1. The van der Waals surface area contributed by atoms with Gasteiger partial charge in [0.2, 0.25) is 0 Å². The molecule has 0 fully saturated rings. The fraction of sp³-hybridized carbons (Fsp3) is 0.318. The Hall–Kier alpha value is -2.79. The molecular weight excluding hydrogens is 338 g/mol. The number of anilines is 1. The van der Waals surface area contributed by atoms with Gasteiger partial charge < -0.3 is 20.3 Å². The van der Waals surface area contributed by atoms with E-state index in [0.29, 0.717) is 13.0 Å². The fourth-order valence-electron chi connectivity index (χ4n) is 4.07. The second-order valence-electron chi connectivity index (χ2n) is 7.05. The summed E-state index contributed by atoms with van der Waals surface area (Å²) in [6.45, 7) is 0.607. The van der Waals surface area contributed by atoms with E-state index in [1.165, 1.54) is 11.1 Å². The largest absolute Gasteiger partial charge is 0.396 e. The van der Waals surface area contributed by atoms with Gasteiger partial charge in [0.25, 0.3) is 0 Å². The van der Waals surface area contributed by atoms with E-state index in [1.54, 1.807) is 0 Å². The van der Waals surface area contributed by atoms with E-state index >= 15 is 0 Å². The minimum Gasteiger partial charge on any atom is -0.396 e. The van der Waals surface area contributed by atoms with Crippen molar-refractivity contribution >= 4 is 22.6 Å². The van der Waals surface area contributed by atoms with Crippen molar-refractivity contribution in [3.63, 3.8) is 0 Å². The summed E-state index contributed by atoms with van der Waals surface area (Å²) in [5, 5.41) is 13.4. The summed E-state index contributed by atoms with van der Waals surface area (Å²) in [5.74, 6) is 0. The standard InChI is InChI=1S/C22H25N3O2/c26-15-5-14-25(21-11-3-7-16-6-1-2-8-17(16)21)22(27)24-20-10-4-9-19-18(20)12-13-23-19/h1-2,4,6,8-10,12-13,21,23,26H,3,5,7,11,14-15H2,(H,24,27). The molecule has 1 unspecified atom stereocenters. The predicted octanol–water partition coefficient (Wildman–Crippen LogP) is 4.46. The van der Waals surface area contributed by atoms with Crippen LogP contribution in [0.4, 0.5) is 10.5 Å². The van der Waals surface area contributed by atoms with Crippen molar-refractivity contribution in [3.05, 3.63) is 65.9 Å². The molecule has 0 aliphatic heterocycles. The quantitative estimate of drug-likeness (QED) is 0.626. The van der Waals surface area contributed by atoms with Crippen LogP contribution in [0.3, 0.4) is 0 Å². The average Bonchev–Trinajstić information content (AvgIpc) is 3.18. The van der Waals surface area contributed by atoms with Crippen molar-refractivity contribution in [1.82, 2.24) is 9.88 Å². The Bertz CT molecular complexity index is 934. The first-order valence-corrected chi connectivity index (χ1v) is 9.60. The number of amides is 2. The molecule has 5 nitrogen and oxygen atoms in total. The average molecular weight is 363 g/mol. The molecule has 2 amide bonds.